The molecule has 2 aromatic rings. The van der Waals surface area contributed by atoms with Gasteiger partial charge in [-0.2, -0.15) is 5.10 Å². The van der Waals surface area contributed by atoms with Crippen LogP contribution in [0.2, 0.25) is 0 Å². The van der Waals surface area contributed by atoms with Crippen LogP contribution in [0.5, 0.6) is 11.5 Å². The Kier molecular flexibility index (Phi) is 9.81. The summed E-state index contributed by atoms with van der Waals surface area (Å²) in [6.45, 7) is 7.66. The highest BCUT2D eigenvalue weighted by Gasteiger charge is 2.23. The van der Waals surface area contributed by atoms with Gasteiger partial charge in [-0.3, -0.25) is 9.59 Å². The summed E-state index contributed by atoms with van der Waals surface area (Å²) in [6.07, 6.45) is 1.36. The third kappa shape index (κ3) is 7.70. The molecule has 0 aliphatic carbocycles. The average Bonchev–Trinajstić information content (AvgIpc) is 2.93. The number of piperazine rings is 1. The molecule has 2 N–H and O–H groups in total. The van der Waals surface area contributed by atoms with E-state index in [1.54, 1.807) is 7.11 Å². The molecule has 0 unspecified atom stereocenters. The predicted molar refractivity (Wildman–Crippen MR) is 148 cm³/mol. The Bertz CT molecular complexity index is 1100. The number of hydrogen-bond acceptors (Lipinski definition) is 8. The molecule has 1 fully saturated rings. The van der Waals surface area contributed by atoms with Crippen molar-refractivity contribution in [1.29, 1.82) is 0 Å². The van der Waals surface area contributed by atoms with Gasteiger partial charge < -0.3 is 25.0 Å². The fraction of sp³-hybridized carbons (Fsp3) is 0.444. The molecule has 1 saturated heterocycles. The van der Waals surface area contributed by atoms with Crippen LogP contribution in [-0.4, -0.2) is 79.0 Å². The largest absolute Gasteiger partial charge is 0.493 e. The van der Waals surface area contributed by atoms with Gasteiger partial charge in [0.05, 0.1) is 26.0 Å². The minimum absolute atomic E-state index is 0.00455. The lowest BCUT2D eigenvalue weighted by molar-refractivity contribution is -0.116. The van der Waals surface area contributed by atoms with E-state index in [1.165, 1.54) is 16.8 Å². The normalized spacial score (nSPS) is 16.3. The highest BCUT2D eigenvalue weighted by Crippen LogP contribution is 2.30. The van der Waals surface area contributed by atoms with Crippen molar-refractivity contribution in [2.75, 3.05) is 57.5 Å². The number of carbonyl (C=O) groups excluding carboxylic acids is 2. The number of anilines is 1. The zero-order chi connectivity index (χ0) is 26.0. The number of thioether (sulfide) groups is 1. The van der Waals surface area contributed by atoms with E-state index in [-0.39, 0.29) is 11.1 Å². The lowest BCUT2D eigenvalue weighted by Crippen LogP contribution is -2.44. The first-order chi connectivity index (χ1) is 18.1. The van der Waals surface area contributed by atoms with Crippen LogP contribution in [0.25, 0.3) is 0 Å². The van der Waals surface area contributed by atoms with Gasteiger partial charge in [-0.25, -0.2) is 5.01 Å². The van der Waals surface area contributed by atoms with Crippen molar-refractivity contribution in [1.82, 2.24) is 15.2 Å². The van der Waals surface area contributed by atoms with Gasteiger partial charge in [0.15, 0.2) is 11.5 Å². The minimum Gasteiger partial charge on any atom is -0.493 e. The van der Waals surface area contributed by atoms with E-state index in [2.05, 4.69) is 27.6 Å². The summed E-state index contributed by atoms with van der Waals surface area (Å²) in [5.74, 6) is 1.84. The summed E-state index contributed by atoms with van der Waals surface area (Å²) in [6, 6.07) is 13.3. The second kappa shape index (κ2) is 13.5. The van der Waals surface area contributed by atoms with Crippen molar-refractivity contribution < 1.29 is 19.1 Å². The standard InChI is InChI=1S/C27H35N5O4S/c1-3-16-36-25-17-21(6-9-24(25)35-2)23-19-37-27(34)32(30-23)18-20-4-7-22(8-5-20)29-26(33)10-13-31-14-11-28-12-15-31/h4-9,17,28H,3,10-16,18-19H2,1-2H3,(H,29,33). The number of methoxy groups -OCH3 is 1. The molecule has 0 saturated carbocycles. The molecule has 9 nitrogen and oxygen atoms in total. The second-order valence-corrected chi connectivity index (χ2v) is 9.89. The van der Waals surface area contributed by atoms with Gasteiger partial charge in [0.25, 0.3) is 0 Å². The first-order valence-electron chi connectivity index (χ1n) is 12.7. The van der Waals surface area contributed by atoms with Gasteiger partial charge in [-0.1, -0.05) is 30.8 Å². The van der Waals surface area contributed by atoms with Crippen molar-refractivity contribution in [3.8, 4) is 11.5 Å². The molecule has 2 heterocycles. The van der Waals surface area contributed by atoms with Crippen LogP contribution in [0.1, 0.15) is 30.9 Å². The Morgan fingerprint density at radius 3 is 2.65 bits per heavy atom. The van der Waals surface area contributed by atoms with Gasteiger partial charge in [0.1, 0.15) is 0 Å². The first-order valence-corrected chi connectivity index (χ1v) is 13.7. The molecule has 2 aliphatic rings. The molecular formula is C27H35N5O4S. The smallest absolute Gasteiger partial charge is 0.302 e. The maximum Gasteiger partial charge on any atom is 0.302 e. The maximum absolute atomic E-state index is 12.6. The molecule has 2 aliphatic heterocycles. The van der Waals surface area contributed by atoms with Crippen LogP contribution < -0.4 is 20.1 Å². The molecule has 0 spiro atoms. The SMILES string of the molecule is CCCOc1cc(C2=NN(Cc3ccc(NC(=O)CCN4CCNCC4)cc3)C(=O)SC2)ccc1OC. The van der Waals surface area contributed by atoms with Gasteiger partial charge in [-0.15, -0.1) is 0 Å². The Balaban J connectivity index is 1.36. The van der Waals surface area contributed by atoms with Crippen LogP contribution in [0, 0.1) is 0 Å². The van der Waals surface area contributed by atoms with E-state index in [4.69, 9.17) is 9.47 Å². The minimum atomic E-state index is -0.0926. The number of carbonyl (C=O) groups is 2. The van der Waals surface area contributed by atoms with Gasteiger partial charge in [0, 0.05) is 56.1 Å². The third-order valence-corrected chi connectivity index (χ3v) is 7.05. The molecule has 10 heteroatoms. The molecule has 0 radical (unpaired) electrons. The molecule has 37 heavy (non-hydrogen) atoms. The highest BCUT2D eigenvalue weighted by atomic mass is 32.2. The number of rotatable bonds is 11. The number of nitrogens with zero attached hydrogens (tertiary/aromatic N) is 3. The van der Waals surface area contributed by atoms with Crippen molar-refractivity contribution in [2.45, 2.75) is 26.3 Å². The summed E-state index contributed by atoms with van der Waals surface area (Å²) in [5.41, 5.74) is 3.38. The Hall–Kier alpha value is -3.08. The highest BCUT2D eigenvalue weighted by molar-refractivity contribution is 8.14. The molecule has 2 amide bonds. The van der Waals surface area contributed by atoms with Crippen molar-refractivity contribution in [2.24, 2.45) is 5.10 Å². The van der Waals surface area contributed by atoms with Crippen LogP contribution >= 0.6 is 11.8 Å². The fourth-order valence-corrected chi connectivity index (χ4v) is 4.87. The summed E-state index contributed by atoms with van der Waals surface area (Å²) in [7, 11) is 1.62. The number of hydrazone groups is 1. The summed E-state index contributed by atoms with van der Waals surface area (Å²) in [5, 5.41) is 12.3. The number of nitrogens with one attached hydrogen (secondary N) is 2. The predicted octanol–water partition coefficient (Wildman–Crippen LogP) is 3.79. The number of amides is 2. The number of benzene rings is 2. The van der Waals surface area contributed by atoms with Crippen molar-refractivity contribution >= 4 is 34.3 Å². The molecule has 2 aromatic carbocycles. The van der Waals surface area contributed by atoms with E-state index in [9.17, 15) is 9.59 Å². The topological polar surface area (TPSA) is 95.5 Å². The molecule has 0 bridgehead atoms. The zero-order valence-electron chi connectivity index (χ0n) is 21.5. The summed E-state index contributed by atoms with van der Waals surface area (Å²) in [4.78, 5) is 27.2. The maximum atomic E-state index is 12.6. The molecule has 198 valence electrons. The van der Waals surface area contributed by atoms with Crippen LogP contribution in [0.3, 0.4) is 0 Å². The van der Waals surface area contributed by atoms with Crippen molar-refractivity contribution in [3.05, 3.63) is 53.6 Å². The van der Waals surface area contributed by atoms with Gasteiger partial charge >= 0.3 is 5.24 Å². The molecular weight excluding hydrogens is 490 g/mol. The summed E-state index contributed by atoms with van der Waals surface area (Å²) < 4.78 is 11.2. The van der Waals surface area contributed by atoms with Gasteiger partial charge in [-0.05, 0) is 42.3 Å². The Morgan fingerprint density at radius 2 is 1.92 bits per heavy atom. The lowest BCUT2D eigenvalue weighted by Gasteiger charge is -2.26. The quantitative estimate of drug-likeness (QED) is 0.461. The lowest BCUT2D eigenvalue weighted by atomic mass is 10.1. The molecule has 0 atom stereocenters. The molecule has 0 aromatic heterocycles. The number of hydrogen-bond donors (Lipinski definition) is 2. The fourth-order valence-electron chi connectivity index (χ4n) is 4.13. The van der Waals surface area contributed by atoms with E-state index in [0.717, 1.165) is 61.7 Å². The summed E-state index contributed by atoms with van der Waals surface area (Å²) >= 11 is 1.23. The monoisotopic (exact) mass is 525 g/mol. The van der Waals surface area contributed by atoms with Gasteiger partial charge in [0.2, 0.25) is 5.91 Å². The second-order valence-electron chi connectivity index (χ2n) is 8.96. The van der Waals surface area contributed by atoms with Crippen molar-refractivity contribution in [3.63, 3.8) is 0 Å². The van der Waals surface area contributed by atoms with E-state index >= 15 is 0 Å². The Morgan fingerprint density at radius 1 is 1.14 bits per heavy atom. The third-order valence-electron chi connectivity index (χ3n) is 6.18. The molecule has 4 rings (SSSR count). The first kappa shape index (κ1) is 27.0. The van der Waals surface area contributed by atoms with E-state index in [0.29, 0.717) is 36.8 Å². The zero-order valence-corrected chi connectivity index (χ0v) is 22.3. The van der Waals surface area contributed by atoms with Crippen LogP contribution in [0.15, 0.2) is 47.6 Å². The van der Waals surface area contributed by atoms with E-state index in [1.807, 2.05) is 42.5 Å². The Labute approximate surface area is 222 Å². The van der Waals surface area contributed by atoms with E-state index < -0.39 is 0 Å². The van der Waals surface area contributed by atoms with Crippen LogP contribution in [0.4, 0.5) is 10.5 Å². The van der Waals surface area contributed by atoms with Crippen LogP contribution in [-0.2, 0) is 11.3 Å². The average molecular weight is 526 g/mol. The number of ether oxygens (including phenoxy) is 2.